The Morgan fingerprint density at radius 2 is 1.91 bits per heavy atom. The lowest BCUT2D eigenvalue weighted by Crippen LogP contribution is -2.18. The molecular weight excluding hydrogens is 474 g/mol. The minimum atomic E-state index is -1.21. The third-order valence-corrected chi connectivity index (χ3v) is 5.90. The summed E-state index contributed by atoms with van der Waals surface area (Å²) >= 11 is 0.893. The Labute approximate surface area is 202 Å². The number of amidine groups is 1. The van der Waals surface area contributed by atoms with Crippen molar-refractivity contribution in [3.05, 3.63) is 80.3 Å². The molecule has 1 atom stereocenters. The molecule has 2 heterocycles. The molecule has 0 saturated heterocycles. The molecule has 35 heavy (non-hydrogen) atoms. The predicted molar refractivity (Wildman–Crippen MR) is 129 cm³/mol. The SMILES string of the molecule is COc1ccc(C(Nc2ccc(C(=N)N)cc2)c2nn(-c3ncsc3C(=O)O)c(=O)[nH]2)cc1OC. The number of benzene rings is 2. The molecule has 0 fully saturated rings. The number of carbonyl (C=O) groups is 1. The smallest absolute Gasteiger partial charge is 0.349 e. The molecule has 4 rings (SSSR count). The summed E-state index contributed by atoms with van der Waals surface area (Å²) in [6, 6.07) is 11.4. The molecule has 0 aliphatic heterocycles. The highest BCUT2D eigenvalue weighted by molar-refractivity contribution is 7.12. The monoisotopic (exact) mass is 495 g/mol. The van der Waals surface area contributed by atoms with Gasteiger partial charge in [0, 0.05) is 11.3 Å². The van der Waals surface area contributed by atoms with Gasteiger partial charge in [0.15, 0.2) is 28.0 Å². The molecule has 0 radical (unpaired) electrons. The van der Waals surface area contributed by atoms with Crippen LogP contribution in [0.15, 0.2) is 52.8 Å². The number of anilines is 1. The maximum atomic E-state index is 12.8. The Morgan fingerprint density at radius 3 is 2.54 bits per heavy atom. The van der Waals surface area contributed by atoms with Crippen LogP contribution in [0.25, 0.3) is 5.82 Å². The summed E-state index contributed by atoms with van der Waals surface area (Å²) in [5, 5.41) is 24.6. The van der Waals surface area contributed by atoms with Gasteiger partial charge in [-0.05, 0) is 42.0 Å². The van der Waals surface area contributed by atoms with Crippen molar-refractivity contribution in [2.45, 2.75) is 6.04 Å². The van der Waals surface area contributed by atoms with Crippen LogP contribution in [0.4, 0.5) is 5.69 Å². The highest BCUT2D eigenvalue weighted by Crippen LogP contribution is 2.33. The molecule has 2 aromatic heterocycles. The lowest BCUT2D eigenvalue weighted by molar-refractivity contribution is 0.0701. The molecule has 0 bridgehead atoms. The number of aromatic nitrogens is 4. The van der Waals surface area contributed by atoms with Gasteiger partial charge >= 0.3 is 11.7 Å². The van der Waals surface area contributed by atoms with Gasteiger partial charge in [-0.1, -0.05) is 6.07 Å². The highest BCUT2D eigenvalue weighted by Gasteiger charge is 2.24. The van der Waals surface area contributed by atoms with Crippen LogP contribution in [0.1, 0.15) is 32.7 Å². The second kappa shape index (κ2) is 9.69. The zero-order chi connectivity index (χ0) is 25.1. The van der Waals surface area contributed by atoms with Crippen LogP contribution >= 0.6 is 11.3 Å². The number of carboxylic acids is 1. The van der Waals surface area contributed by atoms with Crippen molar-refractivity contribution in [1.82, 2.24) is 19.7 Å². The molecule has 1 unspecified atom stereocenters. The Morgan fingerprint density at radius 1 is 1.20 bits per heavy atom. The molecule has 0 aliphatic carbocycles. The molecule has 12 nitrogen and oxygen atoms in total. The van der Waals surface area contributed by atoms with E-state index in [1.165, 1.54) is 19.7 Å². The average molecular weight is 496 g/mol. The zero-order valence-electron chi connectivity index (χ0n) is 18.6. The second-order valence-electron chi connectivity index (χ2n) is 7.22. The Balaban J connectivity index is 1.80. The van der Waals surface area contributed by atoms with Gasteiger partial charge in [0.25, 0.3) is 0 Å². The van der Waals surface area contributed by atoms with Crippen molar-refractivity contribution in [3.8, 4) is 17.3 Å². The van der Waals surface area contributed by atoms with E-state index in [1.807, 2.05) is 0 Å². The number of aromatic amines is 1. The van der Waals surface area contributed by atoms with Gasteiger partial charge in [0.05, 0.1) is 19.7 Å². The normalized spacial score (nSPS) is 11.6. The summed E-state index contributed by atoms with van der Waals surface area (Å²) in [7, 11) is 3.04. The fourth-order valence-corrected chi connectivity index (χ4v) is 4.01. The maximum absolute atomic E-state index is 12.8. The molecule has 4 aromatic rings. The summed E-state index contributed by atoms with van der Waals surface area (Å²) in [6.07, 6.45) is 0. The summed E-state index contributed by atoms with van der Waals surface area (Å²) in [4.78, 5) is 30.9. The fraction of sp³-hybridized carbons (Fsp3) is 0.136. The molecule has 6 N–H and O–H groups in total. The number of H-pyrrole nitrogens is 1. The van der Waals surface area contributed by atoms with Crippen LogP contribution in [0.3, 0.4) is 0 Å². The molecule has 0 saturated carbocycles. The number of hydrogen-bond acceptors (Lipinski definition) is 9. The summed E-state index contributed by atoms with van der Waals surface area (Å²) < 4.78 is 11.7. The third-order valence-electron chi connectivity index (χ3n) is 5.10. The second-order valence-corrected chi connectivity index (χ2v) is 8.08. The summed E-state index contributed by atoms with van der Waals surface area (Å²) in [5.74, 6) is -0.145. The Hall–Kier alpha value is -4.65. The first kappa shape index (κ1) is 23.5. The van der Waals surface area contributed by atoms with Crippen molar-refractivity contribution in [3.63, 3.8) is 0 Å². The average Bonchev–Trinajstić information content (AvgIpc) is 3.49. The lowest BCUT2D eigenvalue weighted by atomic mass is 10.0. The van der Waals surface area contributed by atoms with Crippen LogP contribution in [-0.4, -0.2) is 50.9 Å². The Kier molecular flexibility index (Phi) is 6.51. The standard InChI is InChI=1S/C22H21N7O5S/c1-33-14-8-5-12(9-15(14)34-2)16(26-13-6-3-11(4-7-13)18(23)24)19-27-22(32)29(28-19)20-17(21(30)31)35-10-25-20/h3-10,16,26H,1-2H3,(H3,23,24)(H,30,31)(H,27,28,32). The van der Waals surface area contributed by atoms with Crippen molar-refractivity contribution >= 4 is 28.8 Å². The number of nitrogens with two attached hydrogens (primary N) is 1. The summed E-state index contributed by atoms with van der Waals surface area (Å²) in [6.45, 7) is 0. The van der Waals surface area contributed by atoms with Crippen molar-refractivity contribution < 1.29 is 19.4 Å². The molecule has 0 aliphatic rings. The van der Waals surface area contributed by atoms with Crippen LogP contribution < -0.4 is 26.2 Å². The molecule has 13 heteroatoms. The van der Waals surface area contributed by atoms with Gasteiger partial charge < -0.3 is 25.6 Å². The summed E-state index contributed by atoms with van der Waals surface area (Å²) in [5.41, 5.74) is 8.12. The van der Waals surface area contributed by atoms with Gasteiger partial charge in [0.1, 0.15) is 11.9 Å². The van der Waals surface area contributed by atoms with E-state index in [2.05, 4.69) is 20.4 Å². The van der Waals surface area contributed by atoms with E-state index in [9.17, 15) is 14.7 Å². The minimum absolute atomic E-state index is 0.0615. The number of nitrogens with zero attached hydrogens (tertiary/aromatic N) is 3. The predicted octanol–water partition coefficient (Wildman–Crippen LogP) is 2.22. The third kappa shape index (κ3) is 4.70. The molecule has 180 valence electrons. The van der Waals surface area contributed by atoms with Crippen molar-refractivity contribution in [1.29, 1.82) is 5.41 Å². The number of nitrogens with one attached hydrogen (secondary N) is 3. The topological polar surface area (TPSA) is 181 Å². The van der Waals surface area contributed by atoms with Gasteiger partial charge in [-0.25, -0.2) is 14.6 Å². The number of thiazole rings is 1. The lowest BCUT2D eigenvalue weighted by Gasteiger charge is -2.20. The quantitative estimate of drug-likeness (QED) is 0.172. The van der Waals surface area contributed by atoms with E-state index >= 15 is 0 Å². The number of nitrogen functional groups attached to an aromatic ring is 1. The number of methoxy groups -OCH3 is 2. The molecule has 0 spiro atoms. The molecule has 2 aromatic carbocycles. The number of rotatable bonds is 9. The van der Waals surface area contributed by atoms with Gasteiger partial charge in [-0.3, -0.25) is 10.4 Å². The van der Waals surface area contributed by atoms with E-state index in [4.69, 9.17) is 20.6 Å². The molecular formula is C22H21N7O5S. The first-order valence-corrected chi connectivity index (χ1v) is 11.0. The van der Waals surface area contributed by atoms with Gasteiger partial charge in [-0.15, -0.1) is 16.4 Å². The Bertz CT molecular complexity index is 1440. The largest absolute Gasteiger partial charge is 0.493 e. The maximum Gasteiger partial charge on any atom is 0.349 e. The van der Waals surface area contributed by atoms with Crippen LogP contribution in [-0.2, 0) is 0 Å². The van der Waals surface area contributed by atoms with E-state index in [-0.39, 0.29) is 22.4 Å². The zero-order valence-corrected chi connectivity index (χ0v) is 19.4. The number of hydrogen-bond donors (Lipinski definition) is 5. The highest BCUT2D eigenvalue weighted by atomic mass is 32.1. The van der Waals surface area contributed by atoms with Crippen molar-refractivity contribution in [2.75, 3.05) is 19.5 Å². The first-order chi connectivity index (χ1) is 16.8. The number of carboxylic acid groups (broad SMARTS) is 1. The van der Waals surface area contributed by atoms with Crippen LogP contribution in [0, 0.1) is 5.41 Å². The van der Waals surface area contributed by atoms with E-state index < -0.39 is 17.7 Å². The van der Waals surface area contributed by atoms with Crippen LogP contribution in [0.5, 0.6) is 11.5 Å². The van der Waals surface area contributed by atoms with Gasteiger partial charge in [0.2, 0.25) is 0 Å². The number of aromatic carboxylic acids is 1. The fourth-order valence-electron chi connectivity index (χ4n) is 3.41. The molecule has 0 amide bonds. The van der Waals surface area contributed by atoms with Crippen molar-refractivity contribution in [2.24, 2.45) is 5.73 Å². The van der Waals surface area contributed by atoms with Gasteiger partial charge in [-0.2, -0.15) is 4.68 Å². The van der Waals surface area contributed by atoms with E-state index in [1.54, 1.807) is 42.5 Å². The number of ether oxygens (including phenoxy) is 2. The van der Waals surface area contributed by atoms with E-state index in [0.717, 1.165) is 16.0 Å². The van der Waals surface area contributed by atoms with E-state index in [0.29, 0.717) is 28.3 Å². The first-order valence-electron chi connectivity index (χ1n) is 10.1. The minimum Gasteiger partial charge on any atom is -0.493 e. The van der Waals surface area contributed by atoms with Crippen LogP contribution in [0.2, 0.25) is 0 Å².